The van der Waals surface area contributed by atoms with E-state index in [0.717, 1.165) is 5.69 Å². The van der Waals surface area contributed by atoms with Crippen LogP contribution in [0.5, 0.6) is 0 Å². The number of nitrogens with zero attached hydrogens (tertiary/aromatic N) is 1. The van der Waals surface area contributed by atoms with Gasteiger partial charge in [-0.25, -0.2) is 4.79 Å². The van der Waals surface area contributed by atoms with Gasteiger partial charge in [0.25, 0.3) is 0 Å². The number of urea groups is 1. The first-order valence-corrected chi connectivity index (χ1v) is 7.87. The van der Waals surface area contributed by atoms with Crippen molar-refractivity contribution in [1.82, 2.24) is 4.90 Å². The zero-order chi connectivity index (χ0) is 15.7. The lowest BCUT2D eigenvalue weighted by Crippen LogP contribution is -2.37. The molecule has 2 aliphatic rings. The van der Waals surface area contributed by atoms with E-state index in [4.69, 9.17) is 0 Å². The lowest BCUT2D eigenvalue weighted by Gasteiger charge is -2.26. The van der Waals surface area contributed by atoms with Crippen molar-refractivity contribution < 1.29 is 14.7 Å². The van der Waals surface area contributed by atoms with Gasteiger partial charge in [-0.2, -0.15) is 0 Å². The van der Waals surface area contributed by atoms with Crippen LogP contribution in [0, 0.1) is 5.41 Å². The number of hydrogen-bond acceptors (Lipinski definition) is 2. The van der Waals surface area contributed by atoms with Gasteiger partial charge in [-0.1, -0.05) is 18.6 Å². The molecule has 0 aromatic heterocycles. The average molecular weight is 302 g/mol. The Hall–Kier alpha value is -2.04. The molecule has 1 aromatic carbocycles. The number of carboxylic acids is 1. The summed E-state index contributed by atoms with van der Waals surface area (Å²) in [5.74, 6) is -0.160. The molecule has 0 spiro atoms. The predicted octanol–water partition coefficient (Wildman–Crippen LogP) is 3.28. The number of rotatable bonds is 3. The molecular weight excluding hydrogens is 280 g/mol. The highest BCUT2D eigenvalue weighted by atomic mass is 16.4. The fourth-order valence-electron chi connectivity index (χ4n) is 3.09. The van der Waals surface area contributed by atoms with Crippen molar-refractivity contribution in [3.8, 4) is 0 Å². The smallest absolute Gasteiger partial charge is 0.321 e. The Morgan fingerprint density at radius 2 is 1.95 bits per heavy atom. The standard InChI is InChI=1S/C17H22N2O3/c1-17(15(20)21)9-10-19(11-17)16(22)18-14-7-5-13(6-8-14)12-3-2-4-12/h5-8,12H,2-4,9-11H2,1H3,(H,18,22)(H,20,21). The molecule has 1 aliphatic carbocycles. The molecule has 1 aliphatic heterocycles. The average Bonchev–Trinajstić information content (AvgIpc) is 2.83. The molecule has 5 nitrogen and oxygen atoms in total. The van der Waals surface area contributed by atoms with Gasteiger partial charge in [-0.15, -0.1) is 0 Å². The molecule has 2 amide bonds. The Kier molecular flexibility index (Phi) is 3.81. The van der Waals surface area contributed by atoms with Crippen molar-refractivity contribution in [3.63, 3.8) is 0 Å². The second-order valence-electron chi connectivity index (χ2n) is 6.72. The van der Waals surface area contributed by atoms with Crippen LogP contribution in [0.1, 0.15) is 44.1 Å². The number of hydrogen-bond donors (Lipinski definition) is 2. The van der Waals surface area contributed by atoms with E-state index in [0.29, 0.717) is 18.9 Å². The van der Waals surface area contributed by atoms with Crippen molar-refractivity contribution in [1.29, 1.82) is 0 Å². The summed E-state index contributed by atoms with van der Waals surface area (Å²) in [7, 11) is 0. The molecule has 1 saturated heterocycles. The molecule has 1 aromatic rings. The summed E-state index contributed by atoms with van der Waals surface area (Å²) in [6.07, 6.45) is 4.32. The van der Waals surface area contributed by atoms with E-state index in [-0.39, 0.29) is 12.6 Å². The van der Waals surface area contributed by atoms with Gasteiger partial charge in [-0.05, 0) is 49.8 Å². The third-order valence-electron chi connectivity index (χ3n) is 5.02. The number of amides is 2. The number of carboxylic acid groups (broad SMARTS) is 1. The van der Waals surface area contributed by atoms with Gasteiger partial charge in [0.2, 0.25) is 0 Å². The van der Waals surface area contributed by atoms with Gasteiger partial charge in [0.1, 0.15) is 0 Å². The molecule has 0 bridgehead atoms. The molecule has 1 unspecified atom stereocenters. The molecule has 2 N–H and O–H groups in total. The van der Waals surface area contributed by atoms with Crippen LogP contribution in [-0.4, -0.2) is 35.1 Å². The second-order valence-corrected chi connectivity index (χ2v) is 6.72. The molecule has 1 saturated carbocycles. The van der Waals surface area contributed by atoms with E-state index in [2.05, 4.69) is 17.4 Å². The van der Waals surface area contributed by atoms with Crippen molar-refractivity contribution >= 4 is 17.7 Å². The molecule has 5 heteroatoms. The Bertz CT molecular complexity index is 580. The number of anilines is 1. The minimum Gasteiger partial charge on any atom is -0.481 e. The van der Waals surface area contributed by atoms with Crippen LogP contribution >= 0.6 is 0 Å². The third kappa shape index (κ3) is 2.80. The number of nitrogens with one attached hydrogen (secondary N) is 1. The van der Waals surface area contributed by atoms with E-state index < -0.39 is 11.4 Å². The zero-order valence-electron chi connectivity index (χ0n) is 12.8. The lowest BCUT2D eigenvalue weighted by molar-refractivity contribution is -0.146. The molecule has 2 fully saturated rings. The van der Waals surface area contributed by atoms with Crippen LogP contribution in [0.15, 0.2) is 24.3 Å². The fourth-order valence-corrected chi connectivity index (χ4v) is 3.09. The van der Waals surface area contributed by atoms with Crippen LogP contribution in [0.2, 0.25) is 0 Å². The monoisotopic (exact) mass is 302 g/mol. The van der Waals surface area contributed by atoms with Gasteiger partial charge in [0.05, 0.1) is 5.41 Å². The number of carbonyl (C=O) groups is 2. The van der Waals surface area contributed by atoms with Crippen LogP contribution in [-0.2, 0) is 4.79 Å². The Morgan fingerprint density at radius 1 is 1.27 bits per heavy atom. The summed E-state index contributed by atoms with van der Waals surface area (Å²) in [6, 6.07) is 7.78. The first kappa shape index (κ1) is 14.9. The number of benzene rings is 1. The summed E-state index contributed by atoms with van der Waals surface area (Å²) in [6.45, 7) is 2.43. The maximum atomic E-state index is 12.2. The molecule has 3 rings (SSSR count). The van der Waals surface area contributed by atoms with E-state index in [9.17, 15) is 14.7 Å². The maximum absolute atomic E-state index is 12.2. The van der Waals surface area contributed by atoms with Crippen molar-refractivity contribution in [2.75, 3.05) is 18.4 Å². The molecular formula is C17H22N2O3. The summed E-state index contributed by atoms with van der Waals surface area (Å²) >= 11 is 0. The predicted molar refractivity (Wildman–Crippen MR) is 84.0 cm³/mol. The van der Waals surface area contributed by atoms with Crippen LogP contribution in [0.3, 0.4) is 0 Å². The first-order valence-electron chi connectivity index (χ1n) is 7.87. The van der Waals surface area contributed by atoms with E-state index in [1.54, 1.807) is 11.8 Å². The second kappa shape index (κ2) is 5.63. The Labute approximate surface area is 130 Å². The summed E-state index contributed by atoms with van der Waals surface area (Å²) in [4.78, 5) is 25.0. The highest BCUT2D eigenvalue weighted by Gasteiger charge is 2.42. The number of carbonyl (C=O) groups excluding carboxylic acids is 1. The number of likely N-dealkylation sites (tertiary alicyclic amines) is 1. The maximum Gasteiger partial charge on any atom is 0.321 e. The fraction of sp³-hybridized carbons (Fsp3) is 0.529. The molecule has 0 radical (unpaired) electrons. The SMILES string of the molecule is CC1(C(=O)O)CCN(C(=O)Nc2ccc(C3CCC3)cc2)C1. The largest absolute Gasteiger partial charge is 0.481 e. The van der Waals surface area contributed by atoms with E-state index in [1.807, 2.05) is 12.1 Å². The topological polar surface area (TPSA) is 69.6 Å². The molecule has 22 heavy (non-hydrogen) atoms. The molecule has 1 heterocycles. The zero-order valence-corrected chi connectivity index (χ0v) is 12.8. The van der Waals surface area contributed by atoms with Gasteiger partial charge in [-0.3, -0.25) is 4.79 Å². The van der Waals surface area contributed by atoms with Crippen LogP contribution < -0.4 is 5.32 Å². The first-order chi connectivity index (χ1) is 10.5. The van der Waals surface area contributed by atoms with Crippen molar-refractivity contribution in [2.24, 2.45) is 5.41 Å². The van der Waals surface area contributed by atoms with Gasteiger partial charge in [0.15, 0.2) is 0 Å². The molecule has 118 valence electrons. The van der Waals surface area contributed by atoms with Crippen LogP contribution in [0.25, 0.3) is 0 Å². The highest BCUT2D eigenvalue weighted by molar-refractivity contribution is 5.90. The normalized spacial score (nSPS) is 24.9. The quantitative estimate of drug-likeness (QED) is 0.900. The van der Waals surface area contributed by atoms with E-state index in [1.165, 1.54) is 24.8 Å². The van der Waals surface area contributed by atoms with Gasteiger partial charge < -0.3 is 15.3 Å². The Morgan fingerprint density at radius 3 is 2.45 bits per heavy atom. The number of aliphatic carboxylic acids is 1. The Balaban J connectivity index is 1.59. The summed E-state index contributed by atoms with van der Waals surface area (Å²) in [5, 5.41) is 12.1. The summed E-state index contributed by atoms with van der Waals surface area (Å²) < 4.78 is 0. The molecule has 1 atom stereocenters. The minimum absolute atomic E-state index is 0.221. The lowest BCUT2D eigenvalue weighted by atomic mass is 9.80. The van der Waals surface area contributed by atoms with Gasteiger partial charge in [0, 0.05) is 18.8 Å². The summed E-state index contributed by atoms with van der Waals surface area (Å²) in [5.41, 5.74) is 1.27. The van der Waals surface area contributed by atoms with Crippen LogP contribution in [0.4, 0.5) is 10.5 Å². The van der Waals surface area contributed by atoms with Crippen molar-refractivity contribution in [2.45, 2.75) is 38.5 Å². The highest BCUT2D eigenvalue weighted by Crippen LogP contribution is 2.36. The third-order valence-corrected chi connectivity index (χ3v) is 5.02. The van der Waals surface area contributed by atoms with E-state index >= 15 is 0 Å². The minimum atomic E-state index is -0.840. The van der Waals surface area contributed by atoms with Crippen molar-refractivity contribution in [3.05, 3.63) is 29.8 Å². The van der Waals surface area contributed by atoms with Gasteiger partial charge >= 0.3 is 12.0 Å².